The van der Waals surface area contributed by atoms with Crippen LogP contribution in [0.4, 0.5) is 0 Å². The molecule has 4 N–H and O–H groups in total. The number of hydrogen-bond donors (Lipinski definition) is 3. The molecule has 0 radical (unpaired) electrons. The second kappa shape index (κ2) is 7.36. The van der Waals surface area contributed by atoms with Crippen molar-refractivity contribution in [2.45, 2.75) is 69.9 Å². The molecule has 2 fully saturated rings. The summed E-state index contributed by atoms with van der Waals surface area (Å²) in [6.45, 7) is 0.629. The Hall–Kier alpha value is -1.26. The number of carbonyl (C=O) groups excluding carboxylic acids is 1. The van der Waals surface area contributed by atoms with Crippen molar-refractivity contribution in [3.8, 4) is 0 Å². The van der Waals surface area contributed by atoms with Crippen LogP contribution >= 0.6 is 0 Å². The number of nitrogens with zero attached hydrogens (tertiary/aromatic N) is 1. The normalized spacial score (nSPS) is 21.2. The number of nitrogens with one attached hydrogen (secondary N) is 2. The maximum Gasteiger partial charge on any atom is 0.220 e. The second-order valence-electron chi connectivity index (χ2n) is 5.69. The van der Waals surface area contributed by atoms with Crippen molar-refractivity contribution in [2.75, 3.05) is 6.54 Å². The molecular weight excluding hydrogens is 240 g/mol. The number of rotatable bonds is 6. The highest BCUT2D eigenvalue weighted by Crippen LogP contribution is 2.18. The van der Waals surface area contributed by atoms with Gasteiger partial charge in [-0.05, 0) is 32.1 Å². The molecule has 0 aromatic heterocycles. The van der Waals surface area contributed by atoms with Gasteiger partial charge in [-0.1, -0.05) is 19.3 Å². The lowest BCUT2D eigenvalue weighted by atomic mass is 9.96. The molecule has 0 bridgehead atoms. The van der Waals surface area contributed by atoms with Gasteiger partial charge in [-0.2, -0.15) is 0 Å². The van der Waals surface area contributed by atoms with E-state index in [1.54, 1.807) is 0 Å². The van der Waals surface area contributed by atoms with Gasteiger partial charge in [-0.25, -0.2) is 0 Å². The van der Waals surface area contributed by atoms with E-state index in [0.717, 1.165) is 19.3 Å². The Morgan fingerprint density at radius 3 is 2.42 bits per heavy atom. The van der Waals surface area contributed by atoms with Crippen molar-refractivity contribution in [1.29, 1.82) is 0 Å². The van der Waals surface area contributed by atoms with Gasteiger partial charge >= 0.3 is 0 Å². The third kappa shape index (κ3) is 5.94. The number of hydrogen-bond acceptors (Lipinski definition) is 2. The largest absolute Gasteiger partial charge is 0.370 e. The van der Waals surface area contributed by atoms with Crippen LogP contribution < -0.4 is 16.4 Å². The Morgan fingerprint density at radius 2 is 1.74 bits per heavy atom. The SMILES string of the molecule is NC(=NCCCC(=O)NC1CC1)NC1CCCCC1. The lowest BCUT2D eigenvalue weighted by Gasteiger charge is -2.23. The fourth-order valence-electron chi connectivity index (χ4n) is 2.47. The Bertz CT molecular complexity index is 319. The van der Waals surface area contributed by atoms with Crippen LogP contribution in [0, 0.1) is 0 Å². The summed E-state index contributed by atoms with van der Waals surface area (Å²) in [6, 6.07) is 0.949. The minimum atomic E-state index is 0.150. The molecule has 0 spiro atoms. The monoisotopic (exact) mass is 266 g/mol. The topological polar surface area (TPSA) is 79.5 Å². The molecule has 2 aliphatic rings. The maximum atomic E-state index is 11.4. The zero-order valence-electron chi connectivity index (χ0n) is 11.7. The van der Waals surface area contributed by atoms with Gasteiger partial charge in [-0.3, -0.25) is 9.79 Å². The number of amides is 1. The Kier molecular flexibility index (Phi) is 5.48. The molecule has 108 valence electrons. The third-order valence-corrected chi connectivity index (χ3v) is 3.74. The molecule has 0 saturated heterocycles. The first-order chi connectivity index (χ1) is 9.24. The number of carbonyl (C=O) groups is 1. The molecule has 0 unspecified atom stereocenters. The van der Waals surface area contributed by atoms with E-state index in [-0.39, 0.29) is 5.91 Å². The summed E-state index contributed by atoms with van der Waals surface area (Å²) in [5.74, 6) is 0.686. The van der Waals surface area contributed by atoms with Gasteiger partial charge in [0.1, 0.15) is 0 Å². The van der Waals surface area contributed by atoms with E-state index in [2.05, 4.69) is 15.6 Å². The Balaban J connectivity index is 1.54. The van der Waals surface area contributed by atoms with Crippen molar-refractivity contribution < 1.29 is 4.79 Å². The highest BCUT2D eigenvalue weighted by Gasteiger charge is 2.22. The first-order valence-corrected chi connectivity index (χ1v) is 7.60. The molecule has 0 aromatic carbocycles. The summed E-state index contributed by atoms with van der Waals surface area (Å²) in [7, 11) is 0. The molecule has 0 aromatic rings. The molecule has 2 rings (SSSR count). The van der Waals surface area contributed by atoms with E-state index in [1.807, 2.05) is 0 Å². The van der Waals surface area contributed by atoms with E-state index in [9.17, 15) is 4.79 Å². The van der Waals surface area contributed by atoms with E-state index < -0.39 is 0 Å². The quantitative estimate of drug-likeness (QED) is 0.385. The van der Waals surface area contributed by atoms with Gasteiger partial charge in [-0.15, -0.1) is 0 Å². The van der Waals surface area contributed by atoms with Crippen molar-refractivity contribution in [1.82, 2.24) is 10.6 Å². The molecule has 5 nitrogen and oxygen atoms in total. The highest BCUT2D eigenvalue weighted by atomic mass is 16.1. The predicted molar refractivity (Wildman–Crippen MR) is 76.9 cm³/mol. The van der Waals surface area contributed by atoms with E-state index in [4.69, 9.17) is 5.73 Å². The van der Waals surface area contributed by atoms with Gasteiger partial charge < -0.3 is 16.4 Å². The molecule has 0 aliphatic heterocycles. The van der Waals surface area contributed by atoms with Gasteiger partial charge in [0.2, 0.25) is 5.91 Å². The fraction of sp³-hybridized carbons (Fsp3) is 0.857. The zero-order valence-corrected chi connectivity index (χ0v) is 11.7. The average Bonchev–Trinajstić information content (AvgIpc) is 3.20. The van der Waals surface area contributed by atoms with E-state index in [0.29, 0.717) is 31.0 Å². The number of nitrogens with two attached hydrogens (primary N) is 1. The summed E-state index contributed by atoms with van der Waals surface area (Å²) >= 11 is 0. The molecule has 2 aliphatic carbocycles. The molecule has 19 heavy (non-hydrogen) atoms. The van der Waals surface area contributed by atoms with Gasteiger partial charge in [0, 0.05) is 25.0 Å². The van der Waals surface area contributed by atoms with E-state index in [1.165, 1.54) is 32.1 Å². The van der Waals surface area contributed by atoms with Crippen LogP contribution in [0.5, 0.6) is 0 Å². The van der Waals surface area contributed by atoms with Crippen LogP contribution in [-0.4, -0.2) is 30.5 Å². The summed E-state index contributed by atoms with van der Waals surface area (Å²) in [5, 5.41) is 6.25. The highest BCUT2D eigenvalue weighted by molar-refractivity contribution is 5.78. The smallest absolute Gasteiger partial charge is 0.220 e. The zero-order chi connectivity index (χ0) is 13.5. The van der Waals surface area contributed by atoms with Crippen LogP contribution in [0.3, 0.4) is 0 Å². The summed E-state index contributed by atoms with van der Waals surface area (Å²) in [4.78, 5) is 15.7. The van der Waals surface area contributed by atoms with Crippen molar-refractivity contribution in [2.24, 2.45) is 10.7 Å². The number of aliphatic imine (C=N–C) groups is 1. The summed E-state index contributed by atoms with van der Waals surface area (Å²) in [6.07, 6.45) is 9.90. The Labute approximate surface area is 115 Å². The molecule has 2 saturated carbocycles. The second-order valence-corrected chi connectivity index (χ2v) is 5.69. The van der Waals surface area contributed by atoms with Gasteiger partial charge in [0.25, 0.3) is 0 Å². The van der Waals surface area contributed by atoms with Crippen LogP contribution in [0.15, 0.2) is 4.99 Å². The first kappa shape index (κ1) is 14.2. The molecule has 5 heteroatoms. The van der Waals surface area contributed by atoms with Crippen LogP contribution in [0.2, 0.25) is 0 Å². The minimum absolute atomic E-state index is 0.150. The van der Waals surface area contributed by atoms with Crippen molar-refractivity contribution in [3.63, 3.8) is 0 Å². The van der Waals surface area contributed by atoms with Crippen LogP contribution in [0.1, 0.15) is 57.8 Å². The van der Waals surface area contributed by atoms with Crippen LogP contribution in [0.25, 0.3) is 0 Å². The Morgan fingerprint density at radius 1 is 1.05 bits per heavy atom. The maximum absolute atomic E-state index is 11.4. The van der Waals surface area contributed by atoms with Crippen LogP contribution in [-0.2, 0) is 4.79 Å². The van der Waals surface area contributed by atoms with Gasteiger partial charge in [0.15, 0.2) is 5.96 Å². The van der Waals surface area contributed by atoms with Gasteiger partial charge in [0.05, 0.1) is 0 Å². The first-order valence-electron chi connectivity index (χ1n) is 7.60. The molecular formula is C14H26N4O. The fourth-order valence-corrected chi connectivity index (χ4v) is 2.47. The number of guanidine groups is 1. The van der Waals surface area contributed by atoms with Crippen molar-refractivity contribution >= 4 is 11.9 Å². The molecule has 0 atom stereocenters. The average molecular weight is 266 g/mol. The summed E-state index contributed by atoms with van der Waals surface area (Å²) < 4.78 is 0. The lowest BCUT2D eigenvalue weighted by Crippen LogP contribution is -2.41. The standard InChI is InChI=1S/C14H26N4O/c15-14(18-11-5-2-1-3-6-11)16-10-4-7-13(19)17-12-8-9-12/h11-12H,1-10H2,(H,17,19)(H3,15,16,18). The van der Waals surface area contributed by atoms with E-state index >= 15 is 0 Å². The lowest BCUT2D eigenvalue weighted by molar-refractivity contribution is -0.121. The summed E-state index contributed by atoms with van der Waals surface area (Å²) in [5.41, 5.74) is 5.85. The predicted octanol–water partition coefficient (Wildman–Crippen LogP) is 1.28. The molecule has 0 heterocycles. The third-order valence-electron chi connectivity index (χ3n) is 3.74. The van der Waals surface area contributed by atoms with Crippen molar-refractivity contribution in [3.05, 3.63) is 0 Å². The molecule has 1 amide bonds. The minimum Gasteiger partial charge on any atom is -0.370 e.